The predicted molar refractivity (Wildman–Crippen MR) is 60.0 cm³/mol. The number of sulfone groups is 1. The Balaban J connectivity index is 2.99. The normalized spacial score (nSPS) is 32.4. The molecule has 0 spiro atoms. The van der Waals surface area contributed by atoms with E-state index in [4.69, 9.17) is 0 Å². The van der Waals surface area contributed by atoms with Crippen LogP contribution in [-0.2, 0) is 9.84 Å². The highest BCUT2D eigenvalue weighted by atomic mass is 32.2. The van der Waals surface area contributed by atoms with Crippen LogP contribution in [0.4, 0.5) is 0 Å². The van der Waals surface area contributed by atoms with Crippen molar-refractivity contribution in [3.8, 4) is 0 Å². The van der Waals surface area contributed by atoms with Crippen molar-refractivity contribution in [3.05, 3.63) is 0 Å². The largest absolute Gasteiger partial charge is 0.228 e. The Kier molecular flexibility index (Phi) is 3.01. The van der Waals surface area contributed by atoms with Crippen LogP contribution in [-0.4, -0.2) is 18.9 Å². The van der Waals surface area contributed by atoms with E-state index >= 15 is 0 Å². The van der Waals surface area contributed by atoms with Crippen molar-refractivity contribution < 1.29 is 8.42 Å². The van der Waals surface area contributed by atoms with Crippen LogP contribution in [0.3, 0.4) is 0 Å². The van der Waals surface area contributed by atoms with E-state index in [1.807, 2.05) is 34.6 Å². The van der Waals surface area contributed by atoms with E-state index in [1.54, 1.807) is 0 Å². The molecule has 84 valence electrons. The highest BCUT2D eigenvalue weighted by Gasteiger charge is 2.47. The minimum Gasteiger partial charge on any atom is -0.228 e. The lowest BCUT2D eigenvalue weighted by molar-refractivity contribution is 0.374. The fourth-order valence-corrected chi connectivity index (χ4v) is 5.59. The summed E-state index contributed by atoms with van der Waals surface area (Å²) in [4.78, 5) is 0. The summed E-state index contributed by atoms with van der Waals surface area (Å²) in [6.45, 7) is 10.1. The van der Waals surface area contributed by atoms with Crippen LogP contribution in [0.25, 0.3) is 0 Å². The minimum absolute atomic E-state index is 0.105. The van der Waals surface area contributed by atoms with Crippen LogP contribution in [0.1, 0.15) is 47.5 Å². The fraction of sp³-hybridized carbons (Fsp3) is 1.00. The quantitative estimate of drug-likeness (QED) is 0.678. The van der Waals surface area contributed by atoms with E-state index in [9.17, 15) is 8.42 Å². The lowest BCUT2D eigenvalue weighted by Gasteiger charge is -2.27. The second-order valence-electron chi connectivity index (χ2n) is 5.80. The van der Waals surface area contributed by atoms with E-state index in [2.05, 4.69) is 0 Å². The summed E-state index contributed by atoms with van der Waals surface area (Å²) in [7, 11) is -2.88. The van der Waals surface area contributed by atoms with Crippen molar-refractivity contribution in [2.45, 2.75) is 58.0 Å². The molecule has 0 amide bonds. The van der Waals surface area contributed by atoms with Gasteiger partial charge in [0.2, 0.25) is 0 Å². The summed E-state index contributed by atoms with van der Waals surface area (Å²) in [6, 6.07) is 0. The summed E-state index contributed by atoms with van der Waals surface area (Å²) >= 11 is 0. The minimum atomic E-state index is -2.88. The average Bonchev–Trinajstić information content (AvgIpc) is 2.22. The van der Waals surface area contributed by atoms with Crippen molar-refractivity contribution in [3.63, 3.8) is 0 Å². The van der Waals surface area contributed by atoms with Gasteiger partial charge in [0.15, 0.2) is 9.84 Å². The number of rotatable bonds is 1. The third-order valence-corrected chi connectivity index (χ3v) is 6.60. The molecule has 14 heavy (non-hydrogen) atoms. The van der Waals surface area contributed by atoms with Crippen molar-refractivity contribution >= 4 is 9.84 Å². The Morgan fingerprint density at radius 3 is 1.86 bits per heavy atom. The van der Waals surface area contributed by atoms with Crippen molar-refractivity contribution in [2.75, 3.05) is 0 Å². The van der Waals surface area contributed by atoms with E-state index in [-0.39, 0.29) is 21.8 Å². The monoisotopic (exact) mass is 218 g/mol. The van der Waals surface area contributed by atoms with Crippen LogP contribution in [0.2, 0.25) is 0 Å². The third-order valence-electron chi connectivity index (χ3n) is 3.24. The molecule has 0 bridgehead atoms. The molecule has 0 N–H and O–H groups in total. The third kappa shape index (κ3) is 1.97. The Morgan fingerprint density at radius 2 is 1.64 bits per heavy atom. The number of hydrogen-bond donors (Lipinski definition) is 0. The van der Waals surface area contributed by atoms with Gasteiger partial charge < -0.3 is 0 Å². The molecule has 1 rings (SSSR count). The van der Waals surface area contributed by atoms with Crippen LogP contribution >= 0.6 is 0 Å². The van der Waals surface area contributed by atoms with E-state index < -0.39 is 9.84 Å². The highest BCUT2D eigenvalue weighted by molar-refractivity contribution is 7.93. The summed E-state index contributed by atoms with van der Waals surface area (Å²) in [5.41, 5.74) is -0.109. The SMILES string of the molecule is CC(C)C1CCC(C(C)(C)C)S1(=O)=O. The zero-order valence-corrected chi connectivity index (χ0v) is 10.7. The zero-order chi connectivity index (χ0) is 11.1. The van der Waals surface area contributed by atoms with Gasteiger partial charge >= 0.3 is 0 Å². The van der Waals surface area contributed by atoms with Crippen LogP contribution in [0, 0.1) is 11.3 Å². The van der Waals surface area contributed by atoms with Crippen molar-refractivity contribution in [1.29, 1.82) is 0 Å². The molecular weight excluding hydrogens is 196 g/mol. The molecule has 0 saturated carbocycles. The van der Waals surface area contributed by atoms with Crippen molar-refractivity contribution in [2.24, 2.45) is 11.3 Å². The maximum absolute atomic E-state index is 12.2. The van der Waals surface area contributed by atoms with Gasteiger partial charge in [0.25, 0.3) is 0 Å². The Bertz CT molecular complexity index is 296. The molecule has 0 radical (unpaired) electrons. The molecule has 1 fully saturated rings. The van der Waals surface area contributed by atoms with Gasteiger partial charge in [-0.15, -0.1) is 0 Å². The summed E-state index contributed by atoms with van der Waals surface area (Å²) < 4.78 is 24.4. The van der Waals surface area contributed by atoms with Crippen molar-refractivity contribution in [1.82, 2.24) is 0 Å². The highest BCUT2D eigenvalue weighted by Crippen LogP contribution is 2.40. The number of hydrogen-bond acceptors (Lipinski definition) is 2. The maximum atomic E-state index is 12.2. The molecule has 0 aromatic heterocycles. The van der Waals surface area contributed by atoms with Gasteiger partial charge in [0.05, 0.1) is 10.5 Å². The van der Waals surface area contributed by atoms with Crippen LogP contribution in [0.15, 0.2) is 0 Å². The molecule has 1 saturated heterocycles. The molecule has 0 aliphatic carbocycles. The first-order chi connectivity index (χ1) is 6.17. The summed E-state index contributed by atoms with van der Waals surface area (Å²) in [5.74, 6) is 0.257. The molecule has 1 aliphatic heterocycles. The molecule has 1 heterocycles. The second kappa shape index (κ2) is 3.51. The first-order valence-electron chi connectivity index (χ1n) is 5.40. The predicted octanol–water partition coefficient (Wildman–Crippen LogP) is 2.63. The first kappa shape index (κ1) is 12.0. The first-order valence-corrected chi connectivity index (χ1v) is 7.01. The van der Waals surface area contributed by atoms with Gasteiger partial charge in [-0.1, -0.05) is 34.6 Å². The molecule has 2 atom stereocenters. The smallest absolute Gasteiger partial charge is 0.156 e. The van der Waals surface area contributed by atoms with Gasteiger partial charge in [-0.3, -0.25) is 0 Å². The van der Waals surface area contributed by atoms with Gasteiger partial charge in [-0.2, -0.15) is 0 Å². The fourth-order valence-electron chi connectivity index (χ4n) is 2.49. The van der Waals surface area contributed by atoms with Crippen LogP contribution < -0.4 is 0 Å². The molecule has 3 heteroatoms. The second-order valence-corrected chi connectivity index (χ2v) is 8.16. The van der Waals surface area contributed by atoms with Gasteiger partial charge in [-0.25, -0.2) is 8.42 Å². The average molecular weight is 218 g/mol. The Hall–Kier alpha value is -0.0500. The van der Waals surface area contributed by atoms with Crippen LogP contribution in [0.5, 0.6) is 0 Å². The zero-order valence-electron chi connectivity index (χ0n) is 9.87. The lowest BCUT2D eigenvalue weighted by Crippen LogP contribution is -2.35. The van der Waals surface area contributed by atoms with Gasteiger partial charge in [-0.05, 0) is 24.2 Å². The van der Waals surface area contributed by atoms with E-state index in [1.165, 1.54) is 0 Å². The summed E-state index contributed by atoms with van der Waals surface area (Å²) in [6.07, 6.45) is 1.69. The van der Waals surface area contributed by atoms with Gasteiger partial charge in [0, 0.05) is 0 Å². The molecular formula is C11H22O2S. The Morgan fingerprint density at radius 1 is 1.14 bits per heavy atom. The van der Waals surface area contributed by atoms with Gasteiger partial charge in [0.1, 0.15) is 0 Å². The Labute approximate surface area is 88.0 Å². The topological polar surface area (TPSA) is 34.1 Å². The van der Waals surface area contributed by atoms with E-state index in [0.29, 0.717) is 0 Å². The molecule has 0 aromatic carbocycles. The van der Waals surface area contributed by atoms with E-state index in [0.717, 1.165) is 12.8 Å². The molecule has 2 nitrogen and oxygen atoms in total. The summed E-state index contributed by atoms with van der Waals surface area (Å²) in [5, 5.41) is -0.242. The maximum Gasteiger partial charge on any atom is 0.156 e. The standard InChI is InChI=1S/C11H22O2S/c1-8(2)9-6-7-10(11(3,4)5)14(9,12)13/h8-10H,6-7H2,1-5H3. The molecule has 1 aliphatic rings. The lowest BCUT2D eigenvalue weighted by atomic mass is 9.88. The molecule has 0 aromatic rings. The molecule has 2 unspecified atom stereocenters.